The lowest BCUT2D eigenvalue weighted by molar-refractivity contribution is -0.384. The van der Waals surface area contributed by atoms with Crippen molar-refractivity contribution in [3.8, 4) is 44.5 Å². The highest BCUT2D eigenvalue weighted by molar-refractivity contribution is 7.79. The fourth-order valence-electron chi connectivity index (χ4n) is 11.9. The molecule has 14 rings (SSSR count). The minimum Gasteiger partial charge on any atom is -0.258 e. The van der Waals surface area contributed by atoms with E-state index in [9.17, 15) is 10.1 Å². The third-order valence-electron chi connectivity index (χ3n) is 15.5. The Morgan fingerprint density at radius 1 is 0.384 bits per heavy atom. The molecule has 0 saturated carbocycles. The highest BCUT2D eigenvalue weighted by Gasteiger charge is 2.37. The predicted octanol–water partition coefficient (Wildman–Crippen LogP) is 16.9. The monoisotopic (exact) mass is 959 g/mol. The van der Waals surface area contributed by atoms with E-state index in [0.717, 1.165) is 17.4 Å². The van der Waals surface area contributed by atoms with Crippen molar-refractivity contribution in [1.29, 1.82) is 0 Å². The lowest BCUT2D eigenvalue weighted by Crippen LogP contribution is -2.20. The van der Waals surface area contributed by atoms with Gasteiger partial charge in [-0.25, -0.2) is 0 Å². The van der Waals surface area contributed by atoms with Gasteiger partial charge in [-0.3, -0.25) is 10.1 Å². The SMILES string of the molecule is CC1(C)c2ccccc2-c2c1ccc1cc(-c3ccccc3[N+](=O)[O-])ccc21.CC1(C)c2ccccc2-c2c1ccc1cc3c(cc21)Cc1ccccc1-3.c1ccc(P(c2ccccc2)c2ccccc2)cc1. The summed E-state index contributed by atoms with van der Waals surface area (Å²) in [6, 6.07) is 85.7. The summed E-state index contributed by atoms with van der Waals surface area (Å²) in [5.74, 6) is 0. The molecule has 0 atom stereocenters. The summed E-state index contributed by atoms with van der Waals surface area (Å²) in [5, 5.41) is 20.7. The van der Waals surface area contributed by atoms with Gasteiger partial charge in [-0.05, 0) is 148 Å². The molecular weight excluding hydrogens is 906 g/mol. The van der Waals surface area contributed by atoms with Gasteiger partial charge in [0.05, 0.1) is 10.5 Å². The number of hydrogen-bond donors (Lipinski definition) is 0. The largest absolute Gasteiger partial charge is 0.277 e. The van der Waals surface area contributed by atoms with Gasteiger partial charge < -0.3 is 0 Å². The third kappa shape index (κ3) is 7.97. The molecule has 4 heteroatoms. The molecule has 0 N–H and O–H groups in total. The molecule has 11 aromatic carbocycles. The van der Waals surface area contributed by atoms with E-state index in [0.29, 0.717) is 5.56 Å². The molecule has 0 spiro atoms. The Bertz CT molecular complexity index is 3820. The number of benzene rings is 11. The van der Waals surface area contributed by atoms with Crippen molar-refractivity contribution in [1.82, 2.24) is 0 Å². The number of rotatable bonds is 5. The van der Waals surface area contributed by atoms with E-state index in [1.807, 2.05) is 18.2 Å². The summed E-state index contributed by atoms with van der Waals surface area (Å²) in [7, 11) is -0.446. The molecule has 0 aliphatic heterocycles. The van der Waals surface area contributed by atoms with Crippen LogP contribution in [0.1, 0.15) is 61.1 Å². The number of para-hydroxylation sites is 1. The summed E-state index contributed by atoms with van der Waals surface area (Å²) in [5.41, 5.74) is 18.4. The quantitative estimate of drug-likeness (QED) is 0.0980. The van der Waals surface area contributed by atoms with Crippen molar-refractivity contribution >= 4 is 51.1 Å². The Balaban J connectivity index is 0.000000114. The van der Waals surface area contributed by atoms with Crippen LogP contribution in [0.5, 0.6) is 0 Å². The van der Waals surface area contributed by atoms with Crippen molar-refractivity contribution in [2.75, 3.05) is 0 Å². The summed E-state index contributed by atoms with van der Waals surface area (Å²) < 4.78 is 0. The van der Waals surface area contributed by atoms with E-state index in [4.69, 9.17) is 0 Å². The minimum absolute atomic E-state index is 0.0307. The maximum atomic E-state index is 11.4. The molecule has 0 saturated heterocycles. The highest BCUT2D eigenvalue weighted by Crippen LogP contribution is 2.53. The smallest absolute Gasteiger partial charge is 0.258 e. The molecule has 0 aromatic heterocycles. The van der Waals surface area contributed by atoms with Gasteiger partial charge in [0.1, 0.15) is 0 Å². The van der Waals surface area contributed by atoms with Crippen LogP contribution in [0, 0.1) is 10.1 Å². The summed E-state index contributed by atoms with van der Waals surface area (Å²) in [6.07, 6.45) is 1.05. The van der Waals surface area contributed by atoms with Gasteiger partial charge in [0.2, 0.25) is 0 Å². The zero-order chi connectivity index (χ0) is 49.8. The fourth-order valence-corrected chi connectivity index (χ4v) is 14.2. The number of nitro benzene ring substituents is 1. The Kier molecular flexibility index (Phi) is 11.6. The molecule has 3 aliphatic carbocycles. The van der Waals surface area contributed by atoms with Gasteiger partial charge in [-0.2, -0.15) is 0 Å². The van der Waals surface area contributed by atoms with E-state index in [1.54, 1.807) is 12.1 Å². The Morgan fingerprint density at radius 3 is 1.38 bits per heavy atom. The second-order valence-electron chi connectivity index (χ2n) is 20.4. The molecule has 0 amide bonds. The first-order chi connectivity index (χ1) is 35.6. The van der Waals surface area contributed by atoms with Crippen LogP contribution in [0.2, 0.25) is 0 Å². The van der Waals surface area contributed by atoms with E-state index < -0.39 is 7.92 Å². The van der Waals surface area contributed by atoms with Crippen LogP contribution in [0.25, 0.3) is 66.1 Å². The zero-order valence-electron chi connectivity index (χ0n) is 41.5. The molecule has 3 nitrogen and oxygen atoms in total. The van der Waals surface area contributed by atoms with Gasteiger partial charge >= 0.3 is 0 Å². The summed E-state index contributed by atoms with van der Waals surface area (Å²) in [4.78, 5) is 11.1. The van der Waals surface area contributed by atoms with E-state index >= 15 is 0 Å². The van der Waals surface area contributed by atoms with Crippen molar-refractivity contribution < 1.29 is 4.92 Å². The van der Waals surface area contributed by atoms with Crippen LogP contribution in [0.15, 0.2) is 243 Å². The van der Waals surface area contributed by atoms with Crippen molar-refractivity contribution in [2.24, 2.45) is 0 Å². The van der Waals surface area contributed by atoms with E-state index in [1.165, 1.54) is 98.8 Å². The average Bonchev–Trinajstić information content (AvgIpc) is 4.00. The number of nitrogens with zero attached hydrogens (tertiary/aromatic N) is 1. The summed E-state index contributed by atoms with van der Waals surface area (Å²) >= 11 is 0. The van der Waals surface area contributed by atoms with Crippen LogP contribution < -0.4 is 15.9 Å². The lowest BCUT2D eigenvalue weighted by Gasteiger charge is -2.21. The first-order valence-electron chi connectivity index (χ1n) is 25.2. The molecule has 0 heterocycles. The maximum absolute atomic E-state index is 11.4. The van der Waals surface area contributed by atoms with Crippen molar-refractivity contribution in [2.45, 2.75) is 44.9 Å². The van der Waals surface area contributed by atoms with Crippen LogP contribution >= 0.6 is 7.92 Å². The minimum atomic E-state index is -0.446. The number of nitro groups is 1. The van der Waals surface area contributed by atoms with Crippen LogP contribution in [0.4, 0.5) is 5.69 Å². The van der Waals surface area contributed by atoms with Gasteiger partial charge in [-0.15, -0.1) is 0 Å². The first kappa shape index (κ1) is 45.9. The second-order valence-corrected chi connectivity index (χ2v) is 22.7. The van der Waals surface area contributed by atoms with Crippen LogP contribution in [0.3, 0.4) is 0 Å². The Morgan fingerprint density at radius 2 is 0.836 bits per heavy atom. The normalized spacial score (nSPS) is 13.6. The molecule has 352 valence electrons. The molecular formula is C69H54NO2P. The molecule has 3 aliphatic rings. The molecule has 73 heavy (non-hydrogen) atoms. The summed E-state index contributed by atoms with van der Waals surface area (Å²) in [6.45, 7) is 9.25. The van der Waals surface area contributed by atoms with Gasteiger partial charge in [0.15, 0.2) is 0 Å². The van der Waals surface area contributed by atoms with Gasteiger partial charge in [0, 0.05) is 16.9 Å². The van der Waals surface area contributed by atoms with Crippen molar-refractivity contribution in [3.63, 3.8) is 0 Å². The first-order valence-corrected chi connectivity index (χ1v) is 26.6. The van der Waals surface area contributed by atoms with E-state index in [2.05, 4.69) is 240 Å². The van der Waals surface area contributed by atoms with Crippen molar-refractivity contribution in [3.05, 3.63) is 286 Å². The topological polar surface area (TPSA) is 43.1 Å². The molecule has 0 bridgehead atoms. The predicted molar refractivity (Wildman–Crippen MR) is 309 cm³/mol. The lowest BCUT2D eigenvalue weighted by atomic mass is 9.82. The molecule has 11 aromatic rings. The Labute approximate surface area is 429 Å². The maximum Gasteiger partial charge on any atom is 0.277 e. The Hall–Kier alpha value is -8.23. The third-order valence-corrected chi connectivity index (χ3v) is 17.9. The highest BCUT2D eigenvalue weighted by atomic mass is 31.1. The molecule has 0 radical (unpaired) electrons. The number of fused-ring (bicyclic) bond motifs is 13. The van der Waals surface area contributed by atoms with Gasteiger partial charge in [0.25, 0.3) is 5.69 Å². The standard InChI is InChI=1S/C26H20.C25H19NO2.C18H15P/c1-26(2)23-10-6-5-9-20(23)25-22-15-18-13-16-7-3-4-8-19(16)21(18)14-17(22)11-12-24(25)26;1-25(2)21-9-5-3-8-20(21)24-19-13-11-16(15-17(19)12-14-22(24)25)18-7-4-6-10-23(18)26(27)28;1-4-10-16(11-5-1)19(17-12-6-2-7-13-17)18-14-8-3-9-15-18/h3-12,14-15H,13H2,1-2H3;3-15H,1-2H3;1-15H. The van der Waals surface area contributed by atoms with Crippen LogP contribution in [-0.4, -0.2) is 4.92 Å². The zero-order valence-corrected chi connectivity index (χ0v) is 42.4. The molecule has 0 unspecified atom stereocenters. The van der Waals surface area contributed by atoms with E-state index in [-0.39, 0.29) is 21.4 Å². The number of hydrogen-bond acceptors (Lipinski definition) is 2. The second kappa shape index (κ2) is 18.4. The molecule has 0 fully saturated rings. The average molecular weight is 960 g/mol. The fraction of sp³-hybridized carbons (Fsp3) is 0.101. The van der Waals surface area contributed by atoms with Gasteiger partial charge in [-0.1, -0.05) is 240 Å². The van der Waals surface area contributed by atoms with Crippen LogP contribution in [-0.2, 0) is 17.3 Å².